The minimum atomic E-state index is -2.66. The predicted octanol–water partition coefficient (Wildman–Crippen LogP) is 1.45. The Morgan fingerprint density at radius 2 is 1.25 bits per heavy atom. The lowest BCUT2D eigenvalue weighted by Crippen LogP contribution is -1.87. The average molecular weight is 139 g/mol. The lowest BCUT2D eigenvalue weighted by molar-refractivity contribution is 0.221. The van der Waals surface area contributed by atoms with Crippen LogP contribution in [0.1, 0.15) is 0 Å². The van der Waals surface area contributed by atoms with Crippen LogP contribution in [0.3, 0.4) is 0 Å². The van der Waals surface area contributed by atoms with Crippen molar-refractivity contribution < 1.29 is 13.6 Å². The van der Waals surface area contributed by atoms with E-state index in [9.17, 15) is 0 Å². The third kappa shape index (κ3) is 1.92. The van der Waals surface area contributed by atoms with Crippen molar-refractivity contribution in [3.05, 3.63) is 0 Å². The van der Waals surface area contributed by atoms with Gasteiger partial charge in [0.15, 0.2) is 0 Å². The molecule has 1 N–H and O–H groups in total. The monoisotopic (exact) mass is 139 g/mol. The smallest absolute Gasteiger partial charge is 0.306 e. The van der Waals surface area contributed by atoms with Crippen LogP contribution in [-0.2, 0) is 13.6 Å². The van der Waals surface area contributed by atoms with Gasteiger partial charge in [0.25, 0.3) is 0 Å². The molecule has 0 rings (SSSR count). The highest BCUT2D eigenvalue weighted by Gasteiger charge is 2.12. The van der Waals surface area contributed by atoms with Crippen molar-refractivity contribution >= 4 is 7.74 Å². The van der Waals surface area contributed by atoms with Crippen LogP contribution < -0.4 is 0 Å². The first-order chi connectivity index (χ1) is 3.68. The van der Waals surface area contributed by atoms with Gasteiger partial charge in [-0.2, -0.15) is 0 Å². The second-order valence-corrected chi connectivity index (χ2v) is 3.14. The summed E-state index contributed by atoms with van der Waals surface area (Å²) in [5.74, 6) is 0. The maximum Gasteiger partial charge on any atom is 0.351 e. The summed E-state index contributed by atoms with van der Waals surface area (Å²) < 4.78 is 13.7. The first-order valence-electron chi connectivity index (χ1n) is 2.00. The zero-order valence-electron chi connectivity index (χ0n) is 5.17. The molecule has 0 aromatic carbocycles. The van der Waals surface area contributed by atoms with Gasteiger partial charge in [0.05, 0.1) is 0 Å². The predicted molar refractivity (Wildman–Crippen MR) is 30.7 cm³/mol. The van der Waals surface area contributed by atoms with E-state index < -0.39 is 7.74 Å². The van der Waals surface area contributed by atoms with Crippen LogP contribution in [0.25, 0.3) is 0 Å². The molecule has 0 spiro atoms. The summed E-state index contributed by atoms with van der Waals surface area (Å²) in [6.07, 6.45) is 0. The van der Waals surface area contributed by atoms with Gasteiger partial charge in [0.1, 0.15) is 0 Å². The van der Waals surface area contributed by atoms with Crippen molar-refractivity contribution in [1.29, 1.82) is 5.16 Å². The summed E-state index contributed by atoms with van der Waals surface area (Å²) >= 11 is 0. The van der Waals surface area contributed by atoms with E-state index in [-0.39, 0.29) is 0 Å². The zero-order valence-corrected chi connectivity index (χ0v) is 6.07. The molecule has 0 aliphatic carbocycles. The molecule has 0 amide bonds. The SMILES string of the molecule is COP(=N)(OC)OC. The van der Waals surface area contributed by atoms with Gasteiger partial charge in [-0.3, -0.25) is 0 Å². The third-order valence-electron chi connectivity index (χ3n) is 0.721. The van der Waals surface area contributed by atoms with Gasteiger partial charge >= 0.3 is 7.74 Å². The fraction of sp³-hybridized carbons (Fsp3) is 1.00. The highest BCUT2D eigenvalue weighted by molar-refractivity contribution is 7.49. The largest absolute Gasteiger partial charge is 0.351 e. The van der Waals surface area contributed by atoms with E-state index in [1.165, 1.54) is 21.3 Å². The maximum absolute atomic E-state index is 7.11. The second kappa shape index (κ2) is 3.20. The maximum atomic E-state index is 7.11. The molecule has 0 aliphatic rings. The van der Waals surface area contributed by atoms with Crippen LogP contribution in [0.15, 0.2) is 0 Å². The molecule has 0 unspecified atom stereocenters. The Bertz CT molecular complexity index is 85.7. The molecule has 0 bridgehead atoms. The van der Waals surface area contributed by atoms with E-state index in [0.29, 0.717) is 0 Å². The summed E-state index contributed by atoms with van der Waals surface area (Å²) in [5.41, 5.74) is 0. The first kappa shape index (κ1) is 8.11. The van der Waals surface area contributed by atoms with E-state index in [1.54, 1.807) is 0 Å². The zero-order chi connectivity index (χ0) is 6.62. The number of nitrogens with one attached hydrogen (secondary N) is 1. The fourth-order valence-electron chi connectivity index (χ4n) is 0.224. The minimum absolute atomic E-state index is 1.38. The average Bonchev–Trinajstić information content (AvgIpc) is 1.87. The van der Waals surface area contributed by atoms with Gasteiger partial charge in [-0.05, 0) is 0 Å². The van der Waals surface area contributed by atoms with E-state index in [2.05, 4.69) is 13.6 Å². The topological polar surface area (TPSA) is 51.5 Å². The fourth-order valence-corrected chi connectivity index (χ4v) is 0.671. The Kier molecular flexibility index (Phi) is 3.24. The highest BCUT2D eigenvalue weighted by Crippen LogP contribution is 2.47. The molecule has 5 heteroatoms. The van der Waals surface area contributed by atoms with Crippen molar-refractivity contribution in [3.63, 3.8) is 0 Å². The number of hydrogen-bond donors (Lipinski definition) is 1. The molecule has 0 saturated heterocycles. The molecule has 0 aromatic heterocycles. The quantitative estimate of drug-likeness (QED) is 0.602. The van der Waals surface area contributed by atoms with Crippen molar-refractivity contribution in [2.24, 2.45) is 0 Å². The molecular formula is C3H10NO3P. The van der Waals surface area contributed by atoms with Crippen molar-refractivity contribution in [2.45, 2.75) is 0 Å². The van der Waals surface area contributed by atoms with E-state index >= 15 is 0 Å². The van der Waals surface area contributed by atoms with Crippen LogP contribution in [0, 0.1) is 5.16 Å². The Balaban J connectivity index is 3.79. The second-order valence-electron chi connectivity index (χ2n) is 1.05. The lowest BCUT2D eigenvalue weighted by Gasteiger charge is -2.12. The Morgan fingerprint density at radius 3 is 1.25 bits per heavy atom. The van der Waals surface area contributed by atoms with Crippen molar-refractivity contribution in [3.8, 4) is 0 Å². The lowest BCUT2D eigenvalue weighted by atomic mass is 11.8. The molecule has 0 saturated carbocycles. The van der Waals surface area contributed by atoms with Gasteiger partial charge in [-0.25, -0.2) is 5.16 Å². The molecule has 0 atom stereocenters. The van der Waals surface area contributed by atoms with Gasteiger partial charge in [-0.1, -0.05) is 0 Å². The van der Waals surface area contributed by atoms with Crippen molar-refractivity contribution in [1.82, 2.24) is 0 Å². The Hall–Kier alpha value is 0.110. The summed E-state index contributed by atoms with van der Waals surface area (Å²) in [4.78, 5) is 0. The molecule has 0 fully saturated rings. The molecule has 0 aliphatic heterocycles. The minimum Gasteiger partial charge on any atom is -0.306 e. The molecule has 4 nitrogen and oxygen atoms in total. The molecule has 0 radical (unpaired) electrons. The normalized spacial score (nSPS) is 11.9. The summed E-state index contributed by atoms with van der Waals surface area (Å²) in [7, 11) is 1.49. The van der Waals surface area contributed by atoms with Crippen LogP contribution in [0.4, 0.5) is 0 Å². The summed E-state index contributed by atoms with van der Waals surface area (Å²) in [5, 5.41) is 7.11. The van der Waals surface area contributed by atoms with Crippen LogP contribution in [0.2, 0.25) is 0 Å². The van der Waals surface area contributed by atoms with E-state index in [4.69, 9.17) is 5.16 Å². The van der Waals surface area contributed by atoms with Gasteiger partial charge in [0.2, 0.25) is 0 Å². The molecule has 8 heavy (non-hydrogen) atoms. The standard InChI is InChI=1S/C3H10NO3P/c1-5-8(4,6-2)7-3/h4H,1-3H3. The third-order valence-corrected chi connectivity index (χ3v) is 2.16. The van der Waals surface area contributed by atoms with Gasteiger partial charge < -0.3 is 13.6 Å². The molecule has 50 valence electrons. The number of hydrogen-bond acceptors (Lipinski definition) is 4. The van der Waals surface area contributed by atoms with Gasteiger partial charge in [-0.15, -0.1) is 0 Å². The summed E-state index contributed by atoms with van der Waals surface area (Å²) in [6, 6.07) is 0. The molecule has 0 aromatic rings. The first-order valence-corrected chi connectivity index (χ1v) is 3.54. The summed E-state index contributed by atoms with van der Waals surface area (Å²) in [6.45, 7) is 0. The highest BCUT2D eigenvalue weighted by atomic mass is 31.2. The Morgan fingerprint density at radius 1 is 1.00 bits per heavy atom. The van der Waals surface area contributed by atoms with E-state index in [0.717, 1.165) is 0 Å². The molecular weight excluding hydrogens is 129 g/mol. The van der Waals surface area contributed by atoms with Crippen molar-refractivity contribution in [2.75, 3.05) is 21.3 Å². The van der Waals surface area contributed by atoms with Gasteiger partial charge in [0, 0.05) is 21.3 Å². The van der Waals surface area contributed by atoms with Crippen LogP contribution in [-0.4, -0.2) is 21.3 Å². The van der Waals surface area contributed by atoms with Crippen LogP contribution in [0.5, 0.6) is 0 Å². The number of rotatable bonds is 3. The van der Waals surface area contributed by atoms with E-state index in [1.807, 2.05) is 0 Å². The Labute approximate surface area is 48.8 Å². The van der Waals surface area contributed by atoms with Crippen LogP contribution >= 0.6 is 7.74 Å². The molecule has 0 heterocycles.